The van der Waals surface area contributed by atoms with Gasteiger partial charge in [-0.2, -0.15) is 4.98 Å². The molecule has 118 valence electrons. The predicted octanol–water partition coefficient (Wildman–Crippen LogP) is 1.85. The van der Waals surface area contributed by atoms with E-state index in [1.807, 2.05) is 0 Å². The van der Waals surface area contributed by atoms with Crippen LogP contribution in [0.1, 0.15) is 0 Å². The van der Waals surface area contributed by atoms with E-state index in [-0.39, 0.29) is 13.2 Å². The third-order valence-electron chi connectivity index (χ3n) is 2.89. The maximum atomic E-state index is 12.4. The fourth-order valence-electron chi connectivity index (χ4n) is 1.68. The van der Waals surface area contributed by atoms with Crippen LogP contribution in [0.25, 0.3) is 10.9 Å². The lowest BCUT2D eigenvalue weighted by Gasteiger charge is -2.08. The Morgan fingerprint density at radius 2 is 2.18 bits per heavy atom. The molecule has 0 spiro atoms. The fraction of sp³-hybridized carbons (Fsp3) is 0.333. The number of rotatable bonds is 8. The Morgan fingerprint density at radius 3 is 2.91 bits per heavy atom. The number of nitrogens with two attached hydrogens (primary N) is 1. The quantitative estimate of drug-likeness (QED) is 0.750. The molecule has 0 unspecified atom stereocenters. The van der Waals surface area contributed by atoms with E-state index in [9.17, 15) is 4.39 Å². The molecule has 0 bridgehead atoms. The molecule has 7 heteroatoms. The topological polar surface area (TPSA) is 79.5 Å². The zero-order valence-corrected chi connectivity index (χ0v) is 12.3. The third kappa shape index (κ3) is 4.37. The summed E-state index contributed by atoms with van der Waals surface area (Å²) in [5.41, 5.74) is 6.49. The highest BCUT2D eigenvalue weighted by Crippen LogP contribution is 2.20. The van der Waals surface area contributed by atoms with Gasteiger partial charge >= 0.3 is 6.01 Å². The molecule has 0 radical (unpaired) electrons. The smallest absolute Gasteiger partial charge is 0.316 e. The van der Waals surface area contributed by atoms with Gasteiger partial charge in [0.05, 0.1) is 18.5 Å². The number of hydrogen-bond acceptors (Lipinski definition) is 6. The summed E-state index contributed by atoms with van der Waals surface area (Å²) >= 11 is 0. The molecule has 2 rings (SSSR count). The number of fused-ring (bicyclic) bond motifs is 1. The van der Waals surface area contributed by atoms with E-state index in [0.29, 0.717) is 36.9 Å². The molecule has 0 aliphatic rings. The first-order chi connectivity index (χ1) is 10.8. The molecule has 0 aliphatic heterocycles. The van der Waals surface area contributed by atoms with Crippen molar-refractivity contribution in [3.8, 4) is 11.8 Å². The van der Waals surface area contributed by atoms with Crippen molar-refractivity contribution in [2.75, 3.05) is 33.5 Å². The summed E-state index contributed by atoms with van der Waals surface area (Å²) in [6, 6.07) is 5.61. The number of methoxy groups -OCH3 is 1. The highest BCUT2D eigenvalue weighted by atomic mass is 19.1. The van der Waals surface area contributed by atoms with Crippen LogP contribution in [0.4, 0.5) is 4.39 Å². The lowest BCUT2D eigenvalue weighted by Crippen LogP contribution is -2.10. The van der Waals surface area contributed by atoms with Gasteiger partial charge in [-0.05, 0) is 18.2 Å². The highest BCUT2D eigenvalue weighted by molar-refractivity contribution is 5.79. The third-order valence-corrected chi connectivity index (χ3v) is 2.89. The molecule has 22 heavy (non-hydrogen) atoms. The molecule has 2 N–H and O–H groups in total. The fourth-order valence-corrected chi connectivity index (χ4v) is 1.68. The second-order valence-electron chi connectivity index (χ2n) is 4.47. The second kappa shape index (κ2) is 8.26. The van der Waals surface area contributed by atoms with Crippen LogP contribution in [0.3, 0.4) is 0 Å². The molecule has 1 aromatic carbocycles. The summed E-state index contributed by atoms with van der Waals surface area (Å²) in [7, 11) is 1.60. The van der Waals surface area contributed by atoms with Crippen molar-refractivity contribution in [1.29, 1.82) is 0 Å². The minimum absolute atomic E-state index is 0.109. The molecule has 0 fully saturated rings. The van der Waals surface area contributed by atoms with Crippen LogP contribution in [0.15, 0.2) is 36.3 Å². The predicted molar refractivity (Wildman–Crippen MR) is 80.6 cm³/mol. The number of nitrogens with zero attached hydrogens (tertiary/aromatic N) is 2. The average molecular weight is 307 g/mol. The Kier molecular flexibility index (Phi) is 6.05. The zero-order chi connectivity index (χ0) is 15.8. The van der Waals surface area contributed by atoms with Gasteiger partial charge in [-0.1, -0.05) is 0 Å². The van der Waals surface area contributed by atoms with Crippen molar-refractivity contribution >= 4 is 10.9 Å². The van der Waals surface area contributed by atoms with Crippen LogP contribution in [0.5, 0.6) is 11.8 Å². The number of benzene rings is 1. The monoisotopic (exact) mass is 307 g/mol. The van der Waals surface area contributed by atoms with Crippen molar-refractivity contribution in [2.24, 2.45) is 5.73 Å². The standard InChI is InChI=1S/C15H18FN3O3/c1-20-4-5-21-15-18-9-12-6-13(2-3-14(12)19-15)22-10-11(7-16)8-17/h2-3,6-7,9H,4-5,8,10,17H2,1H3/b11-7+. The summed E-state index contributed by atoms with van der Waals surface area (Å²) < 4.78 is 28.1. The van der Waals surface area contributed by atoms with Crippen molar-refractivity contribution in [2.45, 2.75) is 0 Å². The molecule has 2 aromatic rings. The van der Waals surface area contributed by atoms with Crippen molar-refractivity contribution < 1.29 is 18.6 Å². The van der Waals surface area contributed by atoms with Gasteiger partial charge in [-0.3, -0.25) is 0 Å². The molecule has 1 aromatic heterocycles. The Hall–Kier alpha value is -2.25. The summed E-state index contributed by atoms with van der Waals surface area (Å²) in [5.74, 6) is 0.594. The number of hydrogen-bond donors (Lipinski definition) is 1. The molecule has 1 heterocycles. The summed E-state index contributed by atoms with van der Waals surface area (Å²) in [4.78, 5) is 8.39. The van der Waals surface area contributed by atoms with Crippen molar-refractivity contribution in [3.63, 3.8) is 0 Å². The van der Waals surface area contributed by atoms with Gasteiger partial charge in [-0.25, -0.2) is 9.37 Å². The van der Waals surface area contributed by atoms with Crippen molar-refractivity contribution in [1.82, 2.24) is 9.97 Å². The van der Waals surface area contributed by atoms with E-state index in [1.165, 1.54) is 0 Å². The van der Waals surface area contributed by atoms with Crippen LogP contribution >= 0.6 is 0 Å². The largest absolute Gasteiger partial charge is 0.489 e. The summed E-state index contributed by atoms with van der Waals surface area (Å²) in [6.45, 7) is 1.09. The van der Waals surface area contributed by atoms with E-state index in [1.54, 1.807) is 31.5 Å². The van der Waals surface area contributed by atoms with Gasteiger partial charge < -0.3 is 19.9 Å². The molecule has 0 amide bonds. The van der Waals surface area contributed by atoms with Gasteiger partial charge in [0.15, 0.2) is 0 Å². The average Bonchev–Trinajstić information content (AvgIpc) is 2.56. The van der Waals surface area contributed by atoms with Gasteiger partial charge in [-0.15, -0.1) is 0 Å². The number of ether oxygens (including phenoxy) is 3. The molecule has 0 saturated carbocycles. The number of halogens is 1. The number of aromatic nitrogens is 2. The molecular formula is C15H18FN3O3. The second-order valence-corrected chi connectivity index (χ2v) is 4.47. The van der Waals surface area contributed by atoms with Crippen LogP contribution in [-0.4, -0.2) is 43.4 Å². The maximum absolute atomic E-state index is 12.4. The summed E-state index contributed by atoms with van der Waals surface area (Å²) in [5, 5.41) is 0.801. The maximum Gasteiger partial charge on any atom is 0.316 e. The van der Waals surface area contributed by atoms with Gasteiger partial charge in [0, 0.05) is 30.8 Å². The summed E-state index contributed by atoms with van der Waals surface area (Å²) in [6.07, 6.45) is 2.11. The Balaban J connectivity index is 2.06. The minimum atomic E-state index is 0.109. The first-order valence-corrected chi connectivity index (χ1v) is 6.76. The Morgan fingerprint density at radius 1 is 1.32 bits per heavy atom. The van der Waals surface area contributed by atoms with Gasteiger partial charge in [0.1, 0.15) is 19.0 Å². The Bertz CT molecular complexity index is 649. The van der Waals surface area contributed by atoms with Crippen molar-refractivity contribution in [3.05, 3.63) is 36.3 Å². The molecule has 0 aliphatic carbocycles. The van der Waals surface area contributed by atoms with Crippen LogP contribution in [0.2, 0.25) is 0 Å². The minimum Gasteiger partial charge on any atom is -0.489 e. The highest BCUT2D eigenvalue weighted by Gasteiger charge is 2.04. The molecular weight excluding hydrogens is 289 g/mol. The van der Waals surface area contributed by atoms with Crippen LogP contribution in [0, 0.1) is 0 Å². The zero-order valence-electron chi connectivity index (χ0n) is 12.3. The molecule has 0 atom stereocenters. The SMILES string of the molecule is COCCOc1ncc2cc(OC/C(=C/F)CN)ccc2n1. The van der Waals surface area contributed by atoms with E-state index in [0.717, 1.165) is 10.9 Å². The Labute approximate surface area is 127 Å². The first-order valence-electron chi connectivity index (χ1n) is 6.76. The molecule has 6 nitrogen and oxygen atoms in total. The van der Waals surface area contributed by atoms with E-state index in [4.69, 9.17) is 19.9 Å². The van der Waals surface area contributed by atoms with Crippen LogP contribution < -0.4 is 15.2 Å². The first kappa shape index (κ1) is 16.1. The van der Waals surface area contributed by atoms with Crippen LogP contribution in [-0.2, 0) is 4.74 Å². The van der Waals surface area contributed by atoms with E-state index >= 15 is 0 Å². The van der Waals surface area contributed by atoms with E-state index in [2.05, 4.69) is 9.97 Å². The van der Waals surface area contributed by atoms with Gasteiger partial charge in [0.2, 0.25) is 0 Å². The lowest BCUT2D eigenvalue weighted by molar-refractivity contribution is 0.141. The van der Waals surface area contributed by atoms with E-state index < -0.39 is 0 Å². The lowest BCUT2D eigenvalue weighted by atomic mass is 10.2. The normalized spacial score (nSPS) is 11.7. The molecule has 0 saturated heterocycles. The van der Waals surface area contributed by atoms with Gasteiger partial charge in [0.25, 0.3) is 0 Å².